The molecule has 0 heterocycles. The predicted molar refractivity (Wildman–Crippen MR) is 80.2 cm³/mol. The van der Waals surface area contributed by atoms with Crippen molar-refractivity contribution in [3.8, 4) is 18.1 Å². The van der Waals surface area contributed by atoms with Crippen LogP contribution in [0.25, 0.3) is 0 Å². The van der Waals surface area contributed by atoms with E-state index >= 15 is 0 Å². The lowest BCUT2D eigenvalue weighted by Crippen LogP contribution is -2.15. The van der Waals surface area contributed by atoms with Crippen molar-refractivity contribution in [2.24, 2.45) is 5.14 Å². The van der Waals surface area contributed by atoms with Gasteiger partial charge in [-0.05, 0) is 42.5 Å². The second-order valence-corrected chi connectivity index (χ2v) is 6.54. The minimum atomic E-state index is -3.72. The Balaban J connectivity index is 3.13. The quantitative estimate of drug-likeness (QED) is 0.647. The second-order valence-electron chi connectivity index (χ2n) is 5.01. The van der Waals surface area contributed by atoms with Gasteiger partial charge in [-0.15, -0.1) is 12.3 Å². The van der Waals surface area contributed by atoms with Gasteiger partial charge in [0.05, 0.1) is 11.5 Å². The Hall–Kier alpha value is -1.51. The Labute approximate surface area is 121 Å². The van der Waals surface area contributed by atoms with Crippen molar-refractivity contribution < 1.29 is 13.2 Å². The molecule has 0 unspecified atom stereocenters. The van der Waals surface area contributed by atoms with Crippen molar-refractivity contribution >= 4 is 10.0 Å². The lowest BCUT2D eigenvalue weighted by Gasteiger charge is -2.17. The molecular formula is C15H21NO3S. The summed E-state index contributed by atoms with van der Waals surface area (Å²) in [6.07, 6.45) is 6.62. The molecule has 110 valence electrons. The number of aryl methyl sites for hydroxylation is 1. The van der Waals surface area contributed by atoms with Gasteiger partial charge in [0.2, 0.25) is 10.0 Å². The molecule has 20 heavy (non-hydrogen) atoms. The molecule has 0 spiro atoms. The van der Waals surface area contributed by atoms with Crippen LogP contribution in [0.3, 0.4) is 0 Å². The van der Waals surface area contributed by atoms with Gasteiger partial charge in [0.1, 0.15) is 5.75 Å². The fourth-order valence-corrected chi connectivity index (χ4v) is 2.72. The van der Waals surface area contributed by atoms with Crippen molar-refractivity contribution in [1.29, 1.82) is 0 Å². The molecule has 5 heteroatoms. The lowest BCUT2D eigenvalue weighted by atomic mass is 10.0. The molecule has 0 aliphatic heterocycles. The minimum absolute atomic E-state index is 0.138. The molecule has 0 atom stereocenters. The fraction of sp³-hybridized carbons (Fsp3) is 0.467. The predicted octanol–water partition coefficient (Wildman–Crippen LogP) is 2.56. The zero-order valence-corrected chi connectivity index (χ0v) is 13.0. The van der Waals surface area contributed by atoms with Gasteiger partial charge in [-0.1, -0.05) is 13.8 Å². The van der Waals surface area contributed by atoms with Crippen molar-refractivity contribution in [3.63, 3.8) is 0 Å². The Morgan fingerprint density at radius 3 is 2.55 bits per heavy atom. The number of sulfonamides is 1. The number of terminal acetylenes is 1. The third-order valence-corrected chi connectivity index (χ3v) is 4.01. The summed E-state index contributed by atoms with van der Waals surface area (Å²) in [5.74, 6) is 3.39. The van der Waals surface area contributed by atoms with Gasteiger partial charge in [-0.3, -0.25) is 0 Å². The first-order valence-electron chi connectivity index (χ1n) is 6.51. The molecule has 1 aromatic rings. The van der Waals surface area contributed by atoms with E-state index in [9.17, 15) is 8.42 Å². The number of rotatable bonds is 6. The Morgan fingerprint density at radius 1 is 1.40 bits per heavy atom. The molecule has 0 aliphatic carbocycles. The van der Waals surface area contributed by atoms with Crippen LogP contribution in [-0.2, 0) is 10.0 Å². The third-order valence-electron chi connectivity index (χ3n) is 2.96. The van der Waals surface area contributed by atoms with E-state index in [-0.39, 0.29) is 10.8 Å². The maximum Gasteiger partial charge on any atom is 0.238 e. The lowest BCUT2D eigenvalue weighted by molar-refractivity contribution is 0.308. The van der Waals surface area contributed by atoms with E-state index in [2.05, 4.69) is 5.92 Å². The number of nitrogens with two attached hydrogens (primary N) is 1. The van der Waals surface area contributed by atoms with Crippen LogP contribution in [0.15, 0.2) is 17.0 Å². The van der Waals surface area contributed by atoms with E-state index < -0.39 is 10.0 Å². The van der Waals surface area contributed by atoms with Gasteiger partial charge in [0.15, 0.2) is 0 Å². The molecule has 1 rings (SSSR count). The van der Waals surface area contributed by atoms with Crippen molar-refractivity contribution in [3.05, 3.63) is 23.3 Å². The number of ether oxygens (including phenoxy) is 1. The molecule has 4 nitrogen and oxygen atoms in total. The molecule has 0 saturated carbocycles. The first-order chi connectivity index (χ1) is 9.27. The summed E-state index contributed by atoms with van der Waals surface area (Å²) in [7, 11) is -3.72. The normalized spacial score (nSPS) is 11.4. The Morgan fingerprint density at radius 2 is 2.05 bits per heavy atom. The van der Waals surface area contributed by atoms with Crippen molar-refractivity contribution in [1.82, 2.24) is 0 Å². The van der Waals surface area contributed by atoms with Crippen LogP contribution < -0.4 is 9.88 Å². The number of hydrogen-bond acceptors (Lipinski definition) is 3. The molecule has 0 aliphatic rings. The minimum Gasteiger partial charge on any atom is -0.493 e. The smallest absolute Gasteiger partial charge is 0.238 e. The Bertz CT molecular complexity index is 613. The maximum absolute atomic E-state index is 11.6. The number of benzene rings is 1. The van der Waals surface area contributed by atoms with Crippen LogP contribution in [0.5, 0.6) is 5.75 Å². The number of hydrogen-bond donors (Lipinski definition) is 1. The third kappa shape index (κ3) is 4.26. The Kier molecular flexibility index (Phi) is 5.61. The number of primary sulfonamides is 1. The SMILES string of the molecule is C#CCCCOc1cc(C)c(S(N)(=O)=O)cc1C(C)C. The molecule has 0 fully saturated rings. The molecule has 2 N–H and O–H groups in total. The molecule has 0 bridgehead atoms. The summed E-state index contributed by atoms with van der Waals surface area (Å²) in [4.78, 5) is 0.150. The average molecular weight is 295 g/mol. The highest BCUT2D eigenvalue weighted by atomic mass is 32.2. The van der Waals surface area contributed by atoms with Gasteiger partial charge in [-0.25, -0.2) is 13.6 Å². The standard InChI is InChI=1S/C15H21NO3S/c1-5-6-7-8-19-14-9-12(4)15(20(16,17)18)10-13(14)11(2)3/h1,9-11H,6-8H2,2-4H3,(H2,16,17,18). The fourth-order valence-electron chi connectivity index (χ4n) is 1.92. The molecular weight excluding hydrogens is 274 g/mol. The van der Waals surface area contributed by atoms with Crippen molar-refractivity contribution in [2.75, 3.05) is 6.61 Å². The van der Waals surface area contributed by atoms with Crippen LogP contribution in [0, 0.1) is 19.3 Å². The number of unbranched alkanes of at least 4 members (excludes halogenated alkanes) is 1. The van der Waals surface area contributed by atoms with E-state index in [1.807, 2.05) is 13.8 Å². The summed E-state index contributed by atoms with van der Waals surface area (Å²) >= 11 is 0. The summed E-state index contributed by atoms with van der Waals surface area (Å²) in [6.45, 7) is 6.17. The van der Waals surface area contributed by atoms with Gasteiger partial charge in [0.25, 0.3) is 0 Å². The monoisotopic (exact) mass is 295 g/mol. The largest absolute Gasteiger partial charge is 0.493 e. The molecule has 0 saturated heterocycles. The second kappa shape index (κ2) is 6.78. The van der Waals surface area contributed by atoms with Gasteiger partial charge >= 0.3 is 0 Å². The highest BCUT2D eigenvalue weighted by Gasteiger charge is 2.17. The van der Waals surface area contributed by atoms with Crippen molar-refractivity contribution in [2.45, 2.75) is 44.4 Å². The highest BCUT2D eigenvalue weighted by molar-refractivity contribution is 7.89. The molecule has 0 radical (unpaired) electrons. The van der Waals surface area contributed by atoms with E-state index in [1.165, 1.54) is 0 Å². The molecule has 0 amide bonds. The summed E-state index contributed by atoms with van der Waals surface area (Å²) < 4.78 is 28.8. The van der Waals surface area contributed by atoms with Gasteiger partial charge < -0.3 is 4.74 Å². The first kappa shape index (κ1) is 16.5. The van der Waals surface area contributed by atoms with Gasteiger partial charge in [0, 0.05) is 6.42 Å². The van der Waals surface area contributed by atoms with Crippen LogP contribution in [0.1, 0.15) is 43.7 Å². The van der Waals surface area contributed by atoms with E-state index in [4.69, 9.17) is 16.3 Å². The zero-order valence-electron chi connectivity index (χ0n) is 12.1. The topological polar surface area (TPSA) is 69.4 Å². The van der Waals surface area contributed by atoms with Crippen LogP contribution in [0.2, 0.25) is 0 Å². The average Bonchev–Trinajstić information content (AvgIpc) is 2.32. The summed E-state index contributed by atoms with van der Waals surface area (Å²) in [6, 6.07) is 3.33. The highest BCUT2D eigenvalue weighted by Crippen LogP contribution is 2.31. The van der Waals surface area contributed by atoms with Crippen LogP contribution in [-0.4, -0.2) is 15.0 Å². The van der Waals surface area contributed by atoms with E-state index in [0.717, 1.165) is 12.0 Å². The molecule has 0 aromatic heterocycles. The molecule has 1 aromatic carbocycles. The van der Waals surface area contributed by atoms with E-state index in [0.29, 0.717) is 24.3 Å². The zero-order chi connectivity index (χ0) is 15.3. The summed E-state index contributed by atoms with van der Waals surface area (Å²) in [5.41, 5.74) is 1.42. The summed E-state index contributed by atoms with van der Waals surface area (Å²) in [5, 5.41) is 5.23. The maximum atomic E-state index is 11.6. The first-order valence-corrected chi connectivity index (χ1v) is 8.05. The van der Waals surface area contributed by atoms with Gasteiger partial charge in [-0.2, -0.15) is 0 Å². The van der Waals surface area contributed by atoms with Crippen LogP contribution >= 0.6 is 0 Å². The van der Waals surface area contributed by atoms with Crippen LogP contribution in [0.4, 0.5) is 0 Å². The van der Waals surface area contributed by atoms with E-state index in [1.54, 1.807) is 19.1 Å².